The lowest BCUT2D eigenvalue weighted by molar-refractivity contribution is 0.417. The fourth-order valence-electron chi connectivity index (χ4n) is 2.30. The summed E-state index contributed by atoms with van der Waals surface area (Å²) in [6.45, 7) is 4.63. The molecule has 0 nitrogen and oxygen atoms in total. The van der Waals surface area contributed by atoms with Gasteiger partial charge in [0, 0.05) is 0 Å². The predicted octanol–water partition coefficient (Wildman–Crippen LogP) is 4.95. The van der Waals surface area contributed by atoms with Gasteiger partial charge in [0.2, 0.25) is 0 Å². The van der Waals surface area contributed by atoms with Crippen molar-refractivity contribution in [1.29, 1.82) is 0 Å². The first-order chi connectivity index (χ1) is 6.83. The second-order valence-corrected chi connectivity index (χ2v) is 4.90. The maximum atomic E-state index is 2.50. The number of hydrogen-bond acceptors (Lipinski definition) is 0. The zero-order chi connectivity index (χ0) is 10.2. The normalized spacial score (nSPS) is 21.6. The van der Waals surface area contributed by atoms with Crippen LogP contribution in [-0.4, -0.2) is 0 Å². The van der Waals surface area contributed by atoms with Crippen molar-refractivity contribution in [3.05, 3.63) is 12.2 Å². The van der Waals surface area contributed by atoms with Crippen molar-refractivity contribution < 1.29 is 0 Å². The van der Waals surface area contributed by atoms with Crippen LogP contribution < -0.4 is 0 Å². The van der Waals surface area contributed by atoms with Gasteiger partial charge in [0.05, 0.1) is 0 Å². The Balaban J connectivity index is 2.16. The van der Waals surface area contributed by atoms with Crippen LogP contribution >= 0.6 is 0 Å². The maximum absolute atomic E-state index is 2.50. The summed E-state index contributed by atoms with van der Waals surface area (Å²) in [6, 6.07) is 0. The molecule has 0 heterocycles. The summed E-state index contributed by atoms with van der Waals surface area (Å²) in [6.07, 6.45) is 16.3. The molecular formula is C14H26. The van der Waals surface area contributed by atoms with Gasteiger partial charge in [0.25, 0.3) is 0 Å². The predicted molar refractivity (Wildman–Crippen MR) is 64.4 cm³/mol. The Morgan fingerprint density at radius 2 is 1.93 bits per heavy atom. The molecular weight excluding hydrogens is 168 g/mol. The van der Waals surface area contributed by atoms with Gasteiger partial charge in [-0.25, -0.2) is 0 Å². The molecule has 14 heavy (non-hydrogen) atoms. The SMILES string of the molecule is CCCC[C@@H](C)/C=C/C1CCCCC1. The van der Waals surface area contributed by atoms with Crippen molar-refractivity contribution in [3.63, 3.8) is 0 Å². The Bertz CT molecular complexity index is 151. The standard InChI is InChI=1S/C14H26/c1-3-4-8-13(2)11-12-14-9-6-5-7-10-14/h11-14H,3-10H2,1-2H3/b12-11+/t13-/m1/s1. The van der Waals surface area contributed by atoms with Gasteiger partial charge in [-0.3, -0.25) is 0 Å². The van der Waals surface area contributed by atoms with Crippen LogP contribution in [0.15, 0.2) is 12.2 Å². The Kier molecular flexibility index (Phi) is 5.98. The Labute approximate surface area is 89.8 Å². The van der Waals surface area contributed by atoms with E-state index in [1.165, 1.54) is 51.4 Å². The van der Waals surface area contributed by atoms with Gasteiger partial charge in [0.15, 0.2) is 0 Å². The van der Waals surface area contributed by atoms with Gasteiger partial charge in [-0.1, -0.05) is 58.1 Å². The van der Waals surface area contributed by atoms with Crippen LogP contribution in [-0.2, 0) is 0 Å². The van der Waals surface area contributed by atoms with E-state index in [4.69, 9.17) is 0 Å². The van der Waals surface area contributed by atoms with Crippen molar-refractivity contribution in [2.75, 3.05) is 0 Å². The molecule has 0 bridgehead atoms. The third-order valence-corrected chi connectivity index (χ3v) is 3.37. The van der Waals surface area contributed by atoms with Crippen LogP contribution in [0.3, 0.4) is 0 Å². The molecule has 0 aromatic carbocycles. The van der Waals surface area contributed by atoms with E-state index in [9.17, 15) is 0 Å². The summed E-state index contributed by atoms with van der Waals surface area (Å²) in [5, 5.41) is 0. The maximum Gasteiger partial charge on any atom is -0.0233 e. The van der Waals surface area contributed by atoms with Gasteiger partial charge in [-0.2, -0.15) is 0 Å². The van der Waals surface area contributed by atoms with Crippen LogP contribution in [0, 0.1) is 11.8 Å². The number of hydrogen-bond donors (Lipinski definition) is 0. The molecule has 1 aliphatic carbocycles. The molecule has 0 unspecified atom stereocenters. The minimum atomic E-state index is 0.803. The molecule has 0 aliphatic heterocycles. The average Bonchev–Trinajstić information content (AvgIpc) is 2.25. The van der Waals surface area contributed by atoms with Crippen LogP contribution in [0.5, 0.6) is 0 Å². The third kappa shape index (κ3) is 4.83. The molecule has 0 aromatic heterocycles. The first-order valence-electron chi connectivity index (χ1n) is 6.51. The lowest BCUT2D eigenvalue weighted by atomic mass is 9.88. The molecule has 0 N–H and O–H groups in total. The zero-order valence-corrected chi connectivity index (χ0v) is 9.97. The molecule has 1 aliphatic rings. The van der Waals surface area contributed by atoms with E-state index in [0.717, 1.165) is 11.8 Å². The number of allylic oxidation sites excluding steroid dienone is 2. The second-order valence-electron chi connectivity index (χ2n) is 4.90. The monoisotopic (exact) mass is 194 g/mol. The van der Waals surface area contributed by atoms with E-state index in [-0.39, 0.29) is 0 Å². The van der Waals surface area contributed by atoms with E-state index >= 15 is 0 Å². The van der Waals surface area contributed by atoms with Crippen LogP contribution in [0.2, 0.25) is 0 Å². The highest BCUT2D eigenvalue weighted by atomic mass is 14.2. The highest BCUT2D eigenvalue weighted by molar-refractivity contribution is 4.92. The molecule has 1 atom stereocenters. The molecule has 0 amide bonds. The first kappa shape index (κ1) is 11.8. The highest BCUT2D eigenvalue weighted by Gasteiger charge is 2.09. The van der Waals surface area contributed by atoms with Gasteiger partial charge in [0.1, 0.15) is 0 Å². The van der Waals surface area contributed by atoms with Gasteiger partial charge >= 0.3 is 0 Å². The van der Waals surface area contributed by atoms with E-state index in [2.05, 4.69) is 26.0 Å². The second kappa shape index (κ2) is 7.09. The summed E-state index contributed by atoms with van der Waals surface area (Å²) in [4.78, 5) is 0. The molecule has 0 saturated heterocycles. The molecule has 0 heteroatoms. The average molecular weight is 194 g/mol. The molecule has 82 valence electrons. The van der Waals surface area contributed by atoms with Gasteiger partial charge in [-0.05, 0) is 31.1 Å². The Hall–Kier alpha value is -0.260. The van der Waals surface area contributed by atoms with Crippen LogP contribution in [0.1, 0.15) is 65.2 Å². The van der Waals surface area contributed by atoms with Gasteiger partial charge < -0.3 is 0 Å². The van der Waals surface area contributed by atoms with Crippen molar-refractivity contribution >= 4 is 0 Å². The van der Waals surface area contributed by atoms with Crippen LogP contribution in [0.4, 0.5) is 0 Å². The first-order valence-corrected chi connectivity index (χ1v) is 6.51. The Morgan fingerprint density at radius 1 is 1.21 bits per heavy atom. The fraction of sp³-hybridized carbons (Fsp3) is 0.857. The summed E-state index contributed by atoms with van der Waals surface area (Å²) >= 11 is 0. The fourth-order valence-corrected chi connectivity index (χ4v) is 2.30. The smallest absolute Gasteiger partial charge is 0.0233 e. The van der Waals surface area contributed by atoms with Crippen molar-refractivity contribution in [1.82, 2.24) is 0 Å². The number of rotatable bonds is 5. The third-order valence-electron chi connectivity index (χ3n) is 3.37. The molecule has 0 aromatic rings. The van der Waals surface area contributed by atoms with E-state index in [1.54, 1.807) is 0 Å². The molecule has 0 spiro atoms. The molecule has 1 rings (SSSR count). The lowest BCUT2D eigenvalue weighted by Gasteiger charge is -2.18. The number of unbranched alkanes of at least 4 members (excludes halogenated alkanes) is 1. The van der Waals surface area contributed by atoms with Crippen molar-refractivity contribution in [2.24, 2.45) is 11.8 Å². The van der Waals surface area contributed by atoms with Gasteiger partial charge in [-0.15, -0.1) is 0 Å². The van der Waals surface area contributed by atoms with E-state index < -0.39 is 0 Å². The van der Waals surface area contributed by atoms with E-state index in [0.29, 0.717) is 0 Å². The molecule has 1 fully saturated rings. The lowest BCUT2D eigenvalue weighted by Crippen LogP contribution is -2.03. The summed E-state index contributed by atoms with van der Waals surface area (Å²) in [7, 11) is 0. The topological polar surface area (TPSA) is 0 Å². The Morgan fingerprint density at radius 3 is 2.57 bits per heavy atom. The molecule has 1 saturated carbocycles. The van der Waals surface area contributed by atoms with Crippen LogP contribution in [0.25, 0.3) is 0 Å². The minimum Gasteiger partial charge on any atom is -0.0854 e. The van der Waals surface area contributed by atoms with Crippen molar-refractivity contribution in [3.8, 4) is 0 Å². The van der Waals surface area contributed by atoms with E-state index in [1.807, 2.05) is 0 Å². The summed E-state index contributed by atoms with van der Waals surface area (Å²) < 4.78 is 0. The summed E-state index contributed by atoms with van der Waals surface area (Å²) in [5.74, 6) is 1.71. The highest BCUT2D eigenvalue weighted by Crippen LogP contribution is 2.25. The van der Waals surface area contributed by atoms with Crippen molar-refractivity contribution in [2.45, 2.75) is 65.2 Å². The largest absolute Gasteiger partial charge is 0.0854 e. The summed E-state index contributed by atoms with van der Waals surface area (Å²) in [5.41, 5.74) is 0. The molecule has 0 radical (unpaired) electrons. The zero-order valence-electron chi connectivity index (χ0n) is 9.97. The minimum absolute atomic E-state index is 0.803. The quantitative estimate of drug-likeness (QED) is 0.543.